The number of hydrogen-bond donors (Lipinski definition) is 2. The molecule has 0 bridgehead atoms. The second-order valence-corrected chi connectivity index (χ2v) is 10.5. The Labute approximate surface area is 219 Å². The highest BCUT2D eigenvalue weighted by atomic mass is 32.2. The molecule has 38 heavy (non-hydrogen) atoms. The summed E-state index contributed by atoms with van der Waals surface area (Å²) < 4.78 is 33.5. The maximum atomic E-state index is 14.0. The summed E-state index contributed by atoms with van der Waals surface area (Å²) in [5, 5.41) is 17.0. The molecule has 1 atom stereocenters. The normalized spacial score (nSPS) is 15.9. The number of H-pyrrole nitrogens is 1. The van der Waals surface area contributed by atoms with Crippen molar-refractivity contribution in [2.75, 3.05) is 18.6 Å². The second kappa shape index (κ2) is 10.1. The molecule has 1 amide bonds. The van der Waals surface area contributed by atoms with Gasteiger partial charge >= 0.3 is 5.97 Å². The van der Waals surface area contributed by atoms with Crippen molar-refractivity contribution in [3.05, 3.63) is 96.2 Å². The number of carbonyl (C=O) groups is 2. The molecule has 1 aromatic heterocycles. The summed E-state index contributed by atoms with van der Waals surface area (Å²) in [6, 6.07) is 19.7. The number of aromatic amines is 1. The zero-order chi connectivity index (χ0) is 26.9. The summed E-state index contributed by atoms with van der Waals surface area (Å²) in [7, 11) is -2.79. The number of amides is 1. The molecule has 0 fully saturated rings. The fourth-order valence-corrected chi connectivity index (χ4v) is 6.08. The quantitative estimate of drug-likeness (QED) is 0.389. The monoisotopic (exact) mass is 532 g/mol. The lowest BCUT2D eigenvalue weighted by molar-refractivity contribution is -0.141. The minimum atomic E-state index is -4.26. The molecule has 3 aromatic carbocycles. The van der Waals surface area contributed by atoms with Gasteiger partial charge in [0, 0.05) is 29.6 Å². The molecule has 0 saturated carbocycles. The Balaban J connectivity index is 1.60. The summed E-state index contributed by atoms with van der Waals surface area (Å²) in [6.45, 7) is -0.620. The van der Waals surface area contributed by atoms with Crippen molar-refractivity contribution >= 4 is 27.6 Å². The van der Waals surface area contributed by atoms with Crippen molar-refractivity contribution in [3.8, 4) is 17.0 Å². The molecule has 0 spiro atoms. The number of para-hydroxylation sites is 1. The second-order valence-electron chi connectivity index (χ2n) is 8.64. The van der Waals surface area contributed by atoms with Crippen LogP contribution in [0.15, 0.2) is 90.0 Å². The zero-order valence-electron chi connectivity index (χ0n) is 20.3. The SMILES string of the molecule is COc1ccc(S(=O)(=O)N2Cc3ccccc3N(C(=O)c3ccccc3-c3ccn[nH]3)CC2C(=O)O)cc1. The highest BCUT2D eigenvalue weighted by Gasteiger charge is 2.42. The number of rotatable bonds is 6. The molecule has 4 aromatic rings. The largest absolute Gasteiger partial charge is 0.497 e. The Morgan fingerprint density at radius 1 is 1.00 bits per heavy atom. The van der Waals surface area contributed by atoms with E-state index in [-0.39, 0.29) is 11.4 Å². The van der Waals surface area contributed by atoms with Crippen LogP contribution in [0.3, 0.4) is 0 Å². The molecule has 1 unspecified atom stereocenters. The van der Waals surface area contributed by atoms with E-state index in [1.54, 1.807) is 60.8 Å². The van der Waals surface area contributed by atoms with Crippen LogP contribution < -0.4 is 9.64 Å². The minimum absolute atomic E-state index is 0.0774. The van der Waals surface area contributed by atoms with Crippen molar-refractivity contribution in [3.63, 3.8) is 0 Å². The highest BCUT2D eigenvalue weighted by Crippen LogP contribution is 2.34. The first kappa shape index (κ1) is 25.2. The number of sulfonamides is 1. The van der Waals surface area contributed by atoms with Gasteiger partial charge in [0.15, 0.2) is 0 Å². The van der Waals surface area contributed by atoms with Crippen molar-refractivity contribution in [2.45, 2.75) is 17.5 Å². The number of methoxy groups -OCH3 is 1. The molecule has 2 heterocycles. The standard InChI is InChI=1S/C27H24N4O6S/c1-37-19-10-12-20(13-11-19)38(35,36)31-16-18-6-2-5-9-24(18)30(17-25(31)27(33)34)26(32)22-8-4-3-7-21(22)23-14-15-28-29-23/h2-15,25H,16-17H2,1H3,(H,28,29)(H,33,34). The minimum Gasteiger partial charge on any atom is -0.497 e. The third-order valence-electron chi connectivity index (χ3n) is 6.46. The summed E-state index contributed by atoms with van der Waals surface area (Å²) in [5.41, 5.74) is 2.47. The number of nitrogens with one attached hydrogen (secondary N) is 1. The van der Waals surface area contributed by atoms with Crippen LogP contribution in [0.2, 0.25) is 0 Å². The van der Waals surface area contributed by atoms with Gasteiger partial charge in [0.2, 0.25) is 10.0 Å². The number of aliphatic carboxylic acids is 1. The van der Waals surface area contributed by atoms with E-state index < -0.39 is 34.5 Å². The lowest BCUT2D eigenvalue weighted by Gasteiger charge is -2.28. The number of ether oxygens (including phenoxy) is 1. The number of benzene rings is 3. The Morgan fingerprint density at radius 2 is 1.71 bits per heavy atom. The smallest absolute Gasteiger partial charge is 0.323 e. The molecular formula is C27H24N4O6S. The van der Waals surface area contributed by atoms with E-state index in [0.717, 1.165) is 4.31 Å². The van der Waals surface area contributed by atoms with Crippen molar-refractivity contribution < 1.29 is 27.9 Å². The molecule has 0 aliphatic carbocycles. The fourth-order valence-electron chi connectivity index (χ4n) is 4.53. The van der Waals surface area contributed by atoms with Crippen LogP contribution in [-0.4, -0.2) is 59.6 Å². The number of fused-ring (bicyclic) bond motifs is 1. The molecule has 194 valence electrons. The van der Waals surface area contributed by atoms with E-state index in [1.807, 2.05) is 0 Å². The highest BCUT2D eigenvalue weighted by molar-refractivity contribution is 7.89. The molecule has 0 radical (unpaired) electrons. The third-order valence-corrected chi connectivity index (χ3v) is 8.33. The van der Waals surface area contributed by atoms with E-state index in [1.165, 1.54) is 36.3 Å². The first-order valence-electron chi connectivity index (χ1n) is 11.7. The maximum absolute atomic E-state index is 14.0. The zero-order valence-corrected chi connectivity index (χ0v) is 21.1. The molecule has 2 N–H and O–H groups in total. The molecule has 11 heteroatoms. The van der Waals surface area contributed by atoms with Gasteiger partial charge in [0.05, 0.1) is 24.2 Å². The van der Waals surface area contributed by atoms with Crippen LogP contribution in [0.25, 0.3) is 11.3 Å². The van der Waals surface area contributed by atoms with Gasteiger partial charge in [-0.15, -0.1) is 0 Å². The van der Waals surface area contributed by atoms with E-state index >= 15 is 0 Å². The lowest BCUT2D eigenvalue weighted by Crippen LogP contribution is -2.50. The van der Waals surface area contributed by atoms with Gasteiger partial charge in [-0.2, -0.15) is 9.40 Å². The Hall–Kier alpha value is -4.48. The van der Waals surface area contributed by atoms with E-state index in [4.69, 9.17) is 4.74 Å². The van der Waals surface area contributed by atoms with Crippen LogP contribution in [0.1, 0.15) is 15.9 Å². The average molecular weight is 533 g/mol. The predicted octanol–water partition coefficient (Wildman–Crippen LogP) is 3.39. The first-order valence-corrected chi connectivity index (χ1v) is 13.1. The van der Waals surface area contributed by atoms with Crippen LogP contribution in [0.4, 0.5) is 5.69 Å². The lowest BCUT2D eigenvalue weighted by atomic mass is 10.0. The third kappa shape index (κ3) is 4.53. The topological polar surface area (TPSA) is 133 Å². The fraction of sp³-hybridized carbons (Fsp3) is 0.148. The number of carbonyl (C=O) groups excluding carboxylic acids is 1. The molecule has 0 saturated heterocycles. The van der Waals surface area contributed by atoms with E-state index in [0.29, 0.717) is 33.8 Å². The summed E-state index contributed by atoms with van der Waals surface area (Å²) in [4.78, 5) is 27.8. The van der Waals surface area contributed by atoms with E-state index in [2.05, 4.69) is 10.2 Å². The first-order chi connectivity index (χ1) is 18.3. The number of anilines is 1. The van der Waals surface area contributed by atoms with Crippen molar-refractivity contribution in [1.82, 2.24) is 14.5 Å². The molecule has 5 rings (SSSR count). The number of nitrogens with zero attached hydrogens (tertiary/aromatic N) is 3. The summed E-state index contributed by atoms with van der Waals surface area (Å²) >= 11 is 0. The van der Waals surface area contributed by atoms with Crippen molar-refractivity contribution in [1.29, 1.82) is 0 Å². The van der Waals surface area contributed by atoms with Crippen LogP contribution in [0.5, 0.6) is 5.75 Å². The summed E-state index contributed by atoms with van der Waals surface area (Å²) in [6.07, 6.45) is 1.57. The Bertz CT molecular complexity index is 1590. The molecule has 1 aliphatic rings. The van der Waals surface area contributed by atoms with Gasteiger partial charge < -0.3 is 14.7 Å². The van der Waals surface area contributed by atoms with Crippen molar-refractivity contribution in [2.24, 2.45) is 0 Å². The van der Waals surface area contributed by atoms with Gasteiger partial charge in [0.25, 0.3) is 5.91 Å². The van der Waals surface area contributed by atoms with Crippen LogP contribution >= 0.6 is 0 Å². The van der Waals surface area contributed by atoms with Crippen LogP contribution in [0, 0.1) is 0 Å². The maximum Gasteiger partial charge on any atom is 0.323 e. The van der Waals surface area contributed by atoms with E-state index in [9.17, 15) is 23.1 Å². The van der Waals surface area contributed by atoms with Gasteiger partial charge in [-0.25, -0.2) is 8.42 Å². The molecule has 1 aliphatic heterocycles. The summed E-state index contributed by atoms with van der Waals surface area (Å²) in [5.74, 6) is -1.36. The number of carboxylic acids is 1. The molecular weight excluding hydrogens is 508 g/mol. The van der Waals surface area contributed by atoms with Gasteiger partial charge in [-0.3, -0.25) is 14.7 Å². The van der Waals surface area contributed by atoms with Gasteiger partial charge in [-0.05, 0) is 48.0 Å². The number of aromatic nitrogens is 2. The average Bonchev–Trinajstić information content (AvgIpc) is 3.41. The van der Waals surface area contributed by atoms with Gasteiger partial charge in [-0.1, -0.05) is 36.4 Å². The number of carboxylic acid groups (broad SMARTS) is 1. The Morgan fingerprint density at radius 3 is 2.39 bits per heavy atom. The number of hydrogen-bond acceptors (Lipinski definition) is 6. The molecule has 10 nitrogen and oxygen atoms in total. The predicted molar refractivity (Wildman–Crippen MR) is 139 cm³/mol. The Kier molecular flexibility index (Phi) is 6.70. The van der Waals surface area contributed by atoms with Gasteiger partial charge in [0.1, 0.15) is 11.8 Å². The van der Waals surface area contributed by atoms with Crippen LogP contribution in [-0.2, 0) is 21.4 Å².